The van der Waals surface area contributed by atoms with Gasteiger partial charge in [0, 0.05) is 49.5 Å². The van der Waals surface area contributed by atoms with Crippen LogP contribution in [0.25, 0.3) is 0 Å². The second-order valence-corrected chi connectivity index (χ2v) is 10.3. The minimum atomic E-state index is -0.514. The highest BCUT2D eigenvalue weighted by Gasteiger charge is 2.43. The van der Waals surface area contributed by atoms with E-state index in [9.17, 15) is 19.4 Å². The Kier molecular flexibility index (Phi) is 9.15. The van der Waals surface area contributed by atoms with E-state index >= 15 is 0 Å². The highest BCUT2D eigenvalue weighted by atomic mass is 19.1. The first-order valence-corrected chi connectivity index (χ1v) is 13.0. The number of ketones is 1. The van der Waals surface area contributed by atoms with Gasteiger partial charge in [-0.3, -0.25) is 9.69 Å². The third-order valence-electron chi connectivity index (χ3n) is 7.37. The molecule has 1 heterocycles. The molecule has 201 valence electrons. The zero-order chi connectivity index (χ0) is 27.2. The molecule has 0 bridgehead atoms. The van der Waals surface area contributed by atoms with Gasteiger partial charge in [0.1, 0.15) is 17.3 Å². The molecule has 6 nitrogen and oxygen atoms in total. The molecule has 1 fully saturated rings. The molecule has 0 amide bonds. The Morgan fingerprint density at radius 1 is 1.08 bits per heavy atom. The molecule has 0 unspecified atom stereocenters. The quantitative estimate of drug-likeness (QED) is 0.301. The van der Waals surface area contributed by atoms with Gasteiger partial charge in [-0.15, -0.1) is 0 Å². The molecule has 1 aliphatic heterocycles. The average Bonchev–Trinajstić information content (AvgIpc) is 2.89. The van der Waals surface area contributed by atoms with E-state index in [1.165, 1.54) is 24.3 Å². The van der Waals surface area contributed by atoms with Crippen molar-refractivity contribution in [2.75, 3.05) is 53.5 Å². The number of likely N-dealkylation sites (tertiary alicyclic amines) is 1. The number of hydrogen-bond donors (Lipinski definition) is 2. The number of piperidine rings is 1. The lowest BCUT2D eigenvalue weighted by molar-refractivity contribution is 0.0561. The Balaban J connectivity index is 1.74. The first-order valence-electron chi connectivity index (χ1n) is 13.0. The molecule has 0 spiro atoms. The predicted molar refractivity (Wildman–Crippen MR) is 145 cm³/mol. The molecular formula is C31H36FN2O4. The number of phenolic OH excluding ortho intramolecular Hbond substituents is 2. The Bertz CT molecular complexity index is 1250. The van der Waals surface area contributed by atoms with Crippen molar-refractivity contribution in [2.24, 2.45) is 5.92 Å². The summed E-state index contributed by atoms with van der Waals surface area (Å²) in [6.45, 7) is 5.40. The van der Waals surface area contributed by atoms with Crippen LogP contribution in [0.1, 0.15) is 38.9 Å². The second-order valence-electron chi connectivity index (χ2n) is 10.3. The van der Waals surface area contributed by atoms with Gasteiger partial charge in [0.15, 0.2) is 5.78 Å². The Hall–Kier alpha value is -3.26. The van der Waals surface area contributed by atoms with Crippen molar-refractivity contribution in [1.29, 1.82) is 0 Å². The standard InChI is InChI=1S/C31H36FN2O4/c1-21-26(11-6-12-29(21)32)30-27(22-7-4-9-24(35)17-22)19-34(14-16-38-15-13-33(2)3)20-28(30)31(37)23-8-5-10-25(36)18-23/h5-12,17-18,27-28,30,35-36H,13-16,19-20H2,1-3H3/t27-,28+,30+/m0/s1. The number of phenols is 2. The number of carbonyl (C=O) groups excluding carboxylic acids is 1. The first kappa shape index (κ1) is 27.8. The maximum atomic E-state index is 14.8. The van der Waals surface area contributed by atoms with Crippen LogP contribution in [0.4, 0.5) is 4.39 Å². The van der Waals surface area contributed by atoms with Crippen molar-refractivity contribution in [3.8, 4) is 11.5 Å². The predicted octanol–water partition coefficient (Wildman–Crippen LogP) is 4.61. The summed E-state index contributed by atoms with van der Waals surface area (Å²) < 4.78 is 20.7. The third kappa shape index (κ3) is 6.59. The van der Waals surface area contributed by atoms with Crippen molar-refractivity contribution in [3.63, 3.8) is 0 Å². The summed E-state index contributed by atoms with van der Waals surface area (Å²) in [4.78, 5) is 18.3. The summed E-state index contributed by atoms with van der Waals surface area (Å²) in [6, 6.07) is 19.4. The van der Waals surface area contributed by atoms with Crippen LogP contribution in [0, 0.1) is 24.7 Å². The zero-order valence-corrected chi connectivity index (χ0v) is 22.2. The van der Waals surface area contributed by atoms with Crippen LogP contribution in [0.3, 0.4) is 0 Å². The fraction of sp³-hybridized carbons (Fsp3) is 0.387. The van der Waals surface area contributed by atoms with E-state index in [1.54, 1.807) is 31.2 Å². The minimum Gasteiger partial charge on any atom is -0.508 e. The Morgan fingerprint density at radius 2 is 1.87 bits per heavy atom. The molecule has 4 rings (SSSR count). The maximum Gasteiger partial charge on any atom is 0.167 e. The van der Waals surface area contributed by atoms with Crippen molar-refractivity contribution >= 4 is 5.78 Å². The number of halogens is 1. The lowest BCUT2D eigenvalue weighted by Gasteiger charge is -2.44. The van der Waals surface area contributed by atoms with Gasteiger partial charge in [-0.25, -0.2) is 4.39 Å². The van der Waals surface area contributed by atoms with Gasteiger partial charge in [0.2, 0.25) is 0 Å². The highest BCUT2D eigenvalue weighted by molar-refractivity contribution is 5.99. The summed E-state index contributed by atoms with van der Waals surface area (Å²) in [7, 11) is 3.99. The number of aromatic hydroxyl groups is 2. The summed E-state index contributed by atoms with van der Waals surface area (Å²) in [6.07, 6.45) is 0. The van der Waals surface area contributed by atoms with Crippen LogP contribution >= 0.6 is 0 Å². The zero-order valence-electron chi connectivity index (χ0n) is 22.2. The van der Waals surface area contributed by atoms with Crippen LogP contribution in [-0.4, -0.2) is 79.3 Å². The lowest BCUT2D eigenvalue weighted by Crippen LogP contribution is -2.48. The summed E-state index contributed by atoms with van der Waals surface area (Å²) >= 11 is 0. The monoisotopic (exact) mass is 519 g/mol. The van der Waals surface area contributed by atoms with Gasteiger partial charge in [0.05, 0.1) is 13.2 Å². The van der Waals surface area contributed by atoms with Crippen molar-refractivity contribution in [1.82, 2.24) is 9.80 Å². The van der Waals surface area contributed by atoms with E-state index in [-0.39, 0.29) is 34.9 Å². The van der Waals surface area contributed by atoms with Crippen molar-refractivity contribution in [2.45, 2.75) is 18.8 Å². The number of ether oxygens (including phenoxy) is 1. The molecule has 38 heavy (non-hydrogen) atoms. The third-order valence-corrected chi connectivity index (χ3v) is 7.37. The lowest BCUT2D eigenvalue weighted by atomic mass is 9.67. The van der Waals surface area contributed by atoms with Gasteiger partial charge in [-0.1, -0.05) is 30.3 Å². The Labute approximate surface area is 224 Å². The largest absolute Gasteiger partial charge is 0.508 e. The number of hydrogen-bond acceptors (Lipinski definition) is 6. The topological polar surface area (TPSA) is 73.2 Å². The number of carbonyl (C=O) groups is 1. The van der Waals surface area contributed by atoms with Gasteiger partial charge < -0.3 is 19.8 Å². The van der Waals surface area contributed by atoms with E-state index in [4.69, 9.17) is 4.74 Å². The van der Waals surface area contributed by atoms with Crippen molar-refractivity contribution in [3.05, 3.63) is 94.8 Å². The molecule has 3 aromatic rings. The van der Waals surface area contributed by atoms with Crippen LogP contribution in [-0.2, 0) is 4.74 Å². The van der Waals surface area contributed by atoms with Crippen molar-refractivity contribution < 1.29 is 24.1 Å². The van der Waals surface area contributed by atoms with E-state index < -0.39 is 5.92 Å². The minimum absolute atomic E-state index is 0.0235. The molecule has 0 aromatic heterocycles. The normalized spacial score (nSPS) is 20.1. The van der Waals surface area contributed by atoms with Gasteiger partial charge in [0.25, 0.3) is 0 Å². The summed E-state index contributed by atoms with van der Waals surface area (Å²) in [5.41, 5.74) is 2.55. The van der Waals surface area contributed by atoms with E-state index in [1.807, 2.05) is 26.2 Å². The van der Waals surface area contributed by atoms with E-state index in [2.05, 4.69) is 15.9 Å². The molecule has 1 saturated heterocycles. The fourth-order valence-electron chi connectivity index (χ4n) is 5.41. The Morgan fingerprint density at radius 3 is 2.61 bits per heavy atom. The molecule has 0 aliphatic carbocycles. The molecule has 1 radical (unpaired) electrons. The van der Waals surface area contributed by atoms with Gasteiger partial charge in [-0.2, -0.15) is 0 Å². The van der Waals surface area contributed by atoms with E-state index in [0.717, 1.165) is 17.7 Å². The van der Waals surface area contributed by atoms with Gasteiger partial charge >= 0.3 is 0 Å². The molecule has 3 aromatic carbocycles. The summed E-state index contributed by atoms with van der Waals surface area (Å²) in [5.74, 6) is -1.37. The summed E-state index contributed by atoms with van der Waals surface area (Å²) in [5, 5.41) is 20.3. The fourth-order valence-corrected chi connectivity index (χ4v) is 5.41. The van der Waals surface area contributed by atoms with Crippen LogP contribution in [0.15, 0.2) is 60.7 Å². The average molecular weight is 520 g/mol. The molecular weight excluding hydrogens is 483 g/mol. The number of nitrogens with zero attached hydrogens (tertiary/aromatic N) is 2. The maximum absolute atomic E-state index is 14.8. The smallest absolute Gasteiger partial charge is 0.167 e. The van der Waals surface area contributed by atoms with Gasteiger partial charge in [-0.05, 0) is 74.1 Å². The number of likely N-dealkylation sites (N-methyl/N-ethyl adjacent to an activating group) is 1. The molecule has 2 N–H and O–H groups in total. The molecule has 0 saturated carbocycles. The van der Waals surface area contributed by atoms with E-state index in [0.29, 0.717) is 44.0 Å². The first-order chi connectivity index (χ1) is 18.2. The number of rotatable bonds is 10. The van der Waals surface area contributed by atoms with Crippen LogP contribution in [0.5, 0.6) is 11.5 Å². The number of benzene rings is 3. The second kappa shape index (κ2) is 12.5. The van der Waals surface area contributed by atoms with Crippen LogP contribution < -0.4 is 0 Å². The SMILES string of the molecule is Cc1c(F)cccc1[C@H]1[C@H](C(=O)c2cccc(O)c2)CN(CCOCCN(C)C)C[C@H]1c1c[c]cc(O)c1. The highest BCUT2D eigenvalue weighted by Crippen LogP contribution is 2.46. The van der Waals surface area contributed by atoms with Crippen LogP contribution in [0.2, 0.25) is 0 Å². The molecule has 7 heteroatoms. The number of Topliss-reactive ketones (excluding diaryl/α,β-unsaturated/α-hetero) is 1. The molecule has 1 aliphatic rings. The molecule has 3 atom stereocenters.